The number of hydrogen-bond donors (Lipinski definition) is 1. The number of hydrogen-bond acceptors (Lipinski definition) is 9. The fourth-order valence-electron chi connectivity index (χ4n) is 5.42. The molecule has 12 nitrogen and oxygen atoms in total. The minimum Gasteiger partial charge on any atom is -0.481 e. The van der Waals surface area contributed by atoms with Crippen LogP contribution in [0.1, 0.15) is 50.7 Å². The highest BCUT2D eigenvalue weighted by Gasteiger charge is 2.36. The molecule has 3 aromatic heterocycles. The summed E-state index contributed by atoms with van der Waals surface area (Å²) in [5, 5.41) is 3.67. The molecule has 2 atom stereocenters. The van der Waals surface area contributed by atoms with Crippen molar-refractivity contribution in [3.8, 4) is 11.8 Å². The Balaban J connectivity index is 1.47. The van der Waals surface area contributed by atoms with Crippen LogP contribution in [0.3, 0.4) is 0 Å². The number of nitrogens with zero attached hydrogens (tertiary/aromatic N) is 6. The zero-order valence-corrected chi connectivity index (χ0v) is 25.3. The first-order valence-corrected chi connectivity index (χ1v) is 13.8. The molecule has 0 spiro atoms. The van der Waals surface area contributed by atoms with Crippen molar-refractivity contribution in [2.24, 2.45) is 0 Å². The normalized spacial score (nSPS) is 17.4. The van der Waals surface area contributed by atoms with Gasteiger partial charge < -0.3 is 24.4 Å². The van der Waals surface area contributed by atoms with E-state index in [9.17, 15) is 9.59 Å². The second-order valence-electron chi connectivity index (χ2n) is 11.6. The quantitative estimate of drug-likeness (QED) is 0.361. The molecule has 0 unspecified atom stereocenters. The molecule has 12 heteroatoms. The average molecular weight is 576 g/mol. The number of ether oxygens (including phenoxy) is 3. The Labute approximate surface area is 244 Å². The van der Waals surface area contributed by atoms with Crippen LogP contribution in [0.25, 0.3) is 16.6 Å². The lowest BCUT2D eigenvalue weighted by Gasteiger charge is -2.45. The van der Waals surface area contributed by atoms with Gasteiger partial charge in [0.15, 0.2) is 5.82 Å². The second-order valence-corrected chi connectivity index (χ2v) is 11.6. The Bertz CT molecular complexity index is 1650. The zero-order valence-electron chi connectivity index (χ0n) is 25.3. The van der Waals surface area contributed by atoms with Gasteiger partial charge in [0, 0.05) is 36.4 Å². The summed E-state index contributed by atoms with van der Waals surface area (Å²) in [4.78, 5) is 44.1. The van der Waals surface area contributed by atoms with Crippen molar-refractivity contribution in [3.05, 3.63) is 47.9 Å². The van der Waals surface area contributed by atoms with Crippen molar-refractivity contribution in [1.82, 2.24) is 24.3 Å². The Kier molecular flexibility index (Phi) is 7.56. The molecule has 1 aromatic carbocycles. The fourth-order valence-corrected chi connectivity index (χ4v) is 5.42. The summed E-state index contributed by atoms with van der Waals surface area (Å²) < 4.78 is 18.2. The number of aromatic nitrogens is 4. The second kappa shape index (κ2) is 11.0. The van der Waals surface area contributed by atoms with Gasteiger partial charge in [-0.15, -0.1) is 0 Å². The van der Waals surface area contributed by atoms with Gasteiger partial charge in [0.25, 0.3) is 11.8 Å². The summed E-state index contributed by atoms with van der Waals surface area (Å²) in [6, 6.07) is 7.16. The Morgan fingerprint density at radius 1 is 0.952 bits per heavy atom. The topological polar surface area (TPSA) is 123 Å². The number of methoxy groups -OCH3 is 2. The molecule has 0 bridgehead atoms. The van der Waals surface area contributed by atoms with Crippen molar-refractivity contribution < 1.29 is 23.8 Å². The molecule has 4 heterocycles. The standard InChI is InChI=1S/C30H37N7O5/c1-17-13-36-16-23(33-28(41-8)26(36)31-17)32-27(38)21-9-11-22(20-10-12-24(40-7)34-25(20)21)35-14-18(2)37(19(3)15-35)29(39)42-30(4,5)6/h9-13,16,18-19H,14-15H2,1-8H3,(H,32,38)/t18-,19+. The molecular weight excluding hydrogens is 538 g/mol. The summed E-state index contributed by atoms with van der Waals surface area (Å²) in [6.45, 7) is 12.7. The molecule has 2 amide bonds. The van der Waals surface area contributed by atoms with E-state index in [-0.39, 0.29) is 24.1 Å². The van der Waals surface area contributed by atoms with Crippen molar-refractivity contribution in [2.45, 2.75) is 59.2 Å². The van der Waals surface area contributed by atoms with Crippen LogP contribution in [0.2, 0.25) is 0 Å². The minimum atomic E-state index is -0.574. The highest BCUT2D eigenvalue weighted by Crippen LogP contribution is 2.33. The first kappa shape index (κ1) is 28.9. The lowest BCUT2D eigenvalue weighted by atomic mass is 10.0. The number of carbonyl (C=O) groups excluding carboxylic acids is 2. The molecule has 0 aliphatic carbocycles. The number of rotatable bonds is 5. The molecule has 0 radical (unpaired) electrons. The number of carbonyl (C=O) groups is 2. The molecule has 5 rings (SSSR count). The van der Waals surface area contributed by atoms with Gasteiger partial charge in [0.2, 0.25) is 11.5 Å². The SMILES string of the molecule is COc1ccc2c(N3C[C@@H](C)N(C(=O)OC(C)(C)C)[C@@H](C)C3)ccc(C(=O)Nc3cn4cc(C)nc4c(OC)n3)c2n1. The van der Waals surface area contributed by atoms with Crippen LogP contribution in [0.4, 0.5) is 16.3 Å². The molecule has 1 aliphatic rings. The van der Waals surface area contributed by atoms with E-state index in [1.165, 1.54) is 14.2 Å². The van der Waals surface area contributed by atoms with E-state index in [0.29, 0.717) is 47.4 Å². The number of nitrogens with one attached hydrogen (secondary N) is 1. The van der Waals surface area contributed by atoms with E-state index in [1.807, 2.05) is 59.9 Å². The predicted molar refractivity (Wildman–Crippen MR) is 160 cm³/mol. The van der Waals surface area contributed by atoms with Gasteiger partial charge in [-0.25, -0.2) is 14.8 Å². The maximum Gasteiger partial charge on any atom is 0.410 e. The highest BCUT2D eigenvalue weighted by atomic mass is 16.6. The maximum atomic E-state index is 13.6. The van der Waals surface area contributed by atoms with E-state index >= 15 is 0 Å². The van der Waals surface area contributed by atoms with E-state index in [1.54, 1.807) is 27.6 Å². The van der Waals surface area contributed by atoms with Crippen LogP contribution >= 0.6 is 0 Å². The largest absolute Gasteiger partial charge is 0.481 e. The number of fused-ring (bicyclic) bond motifs is 2. The van der Waals surface area contributed by atoms with Crippen molar-refractivity contribution in [1.29, 1.82) is 0 Å². The number of benzene rings is 1. The molecule has 1 fully saturated rings. The summed E-state index contributed by atoms with van der Waals surface area (Å²) in [5.41, 5.74) is 2.55. The molecule has 1 aliphatic heterocycles. The lowest BCUT2D eigenvalue weighted by molar-refractivity contribution is 0.00567. The van der Waals surface area contributed by atoms with Gasteiger partial charge in [-0.05, 0) is 59.7 Å². The summed E-state index contributed by atoms with van der Waals surface area (Å²) in [7, 11) is 3.05. The third kappa shape index (κ3) is 5.61. The first-order valence-electron chi connectivity index (χ1n) is 13.8. The van der Waals surface area contributed by atoms with Crippen molar-refractivity contribution in [3.63, 3.8) is 0 Å². The molecule has 222 valence electrons. The third-order valence-corrected chi connectivity index (χ3v) is 7.09. The van der Waals surface area contributed by atoms with Gasteiger partial charge in [0.05, 0.1) is 49.3 Å². The Hall–Kier alpha value is -4.61. The van der Waals surface area contributed by atoms with Gasteiger partial charge >= 0.3 is 6.09 Å². The molecule has 42 heavy (non-hydrogen) atoms. The number of imidazole rings is 1. The number of piperazine rings is 1. The zero-order chi connectivity index (χ0) is 30.3. The Morgan fingerprint density at radius 3 is 2.31 bits per heavy atom. The smallest absolute Gasteiger partial charge is 0.410 e. The Morgan fingerprint density at radius 2 is 1.67 bits per heavy atom. The van der Waals surface area contributed by atoms with Crippen LogP contribution in [0.5, 0.6) is 11.8 Å². The highest BCUT2D eigenvalue weighted by molar-refractivity contribution is 6.13. The van der Waals surface area contributed by atoms with Gasteiger partial charge in [-0.2, -0.15) is 4.98 Å². The fraction of sp³-hybridized carbons (Fsp3) is 0.433. The summed E-state index contributed by atoms with van der Waals surface area (Å²) in [6.07, 6.45) is 3.20. The van der Waals surface area contributed by atoms with E-state index in [0.717, 1.165) is 16.8 Å². The van der Waals surface area contributed by atoms with Gasteiger partial charge in [0.1, 0.15) is 5.60 Å². The van der Waals surface area contributed by atoms with Crippen LogP contribution in [0, 0.1) is 6.92 Å². The molecule has 0 saturated carbocycles. The predicted octanol–water partition coefficient (Wildman–Crippen LogP) is 4.69. The van der Waals surface area contributed by atoms with Gasteiger partial charge in [-0.3, -0.25) is 14.1 Å². The van der Waals surface area contributed by atoms with Crippen LogP contribution in [0.15, 0.2) is 36.7 Å². The molecule has 4 aromatic rings. The third-order valence-electron chi connectivity index (χ3n) is 7.09. The van der Waals surface area contributed by atoms with Crippen LogP contribution in [-0.4, -0.2) is 81.2 Å². The molecular formula is C30H37N7O5. The summed E-state index contributed by atoms with van der Waals surface area (Å²) in [5.74, 6) is 0.618. The van der Waals surface area contributed by atoms with Crippen molar-refractivity contribution in [2.75, 3.05) is 37.5 Å². The average Bonchev–Trinajstić information content (AvgIpc) is 3.30. The van der Waals surface area contributed by atoms with Crippen LogP contribution in [-0.2, 0) is 4.74 Å². The maximum absolute atomic E-state index is 13.6. The van der Waals surface area contributed by atoms with E-state index < -0.39 is 5.60 Å². The lowest BCUT2D eigenvalue weighted by Crippen LogP contribution is -2.59. The monoisotopic (exact) mass is 575 g/mol. The minimum absolute atomic E-state index is 0.101. The van der Waals surface area contributed by atoms with Crippen molar-refractivity contribution >= 4 is 40.1 Å². The number of aryl methyl sites for hydroxylation is 1. The van der Waals surface area contributed by atoms with E-state index in [4.69, 9.17) is 14.2 Å². The first-order chi connectivity index (χ1) is 19.9. The van der Waals surface area contributed by atoms with E-state index in [2.05, 4.69) is 25.2 Å². The summed E-state index contributed by atoms with van der Waals surface area (Å²) >= 11 is 0. The number of pyridine rings is 1. The van der Waals surface area contributed by atoms with Crippen LogP contribution < -0.4 is 19.7 Å². The van der Waals surface area contributed by atoms with Gasteiger partial charge in [-0.1, -0.05) is 0 Å². The number of anilines is 2. The molecule has 1 saturated heterocycles. The molecule has 1 N–H and O–H groups in total. The number of amides is 2.